The first-order valence-electron chi connectivity index (χ1n) is 4.80. The zero-order chi connectivity index (χ0) is 12.6. The number of nitrogens with zero attached hydrogens (tertiary/aromatic N) is 3. The smallest absolute Gasteiger partial charge is 0.210 e. The van der Waals surface area contributed by atoms with Gasteiger partial charge in [0, 0.05) is 4.47 Å². The first-order valence-corrected chi connectivity index (χ1v) is 7.03. The molecular formula is C10H10BrN3O2S. The summed E-state index contributed by atoms with van der Waals surface area (Å²) in [6.07, 6.45) is 2.34. The average molecular weight is 316 g/mol. The Balaban J connectivity index is 2.67. The van der Waals surface area contributed by atoms with Crippen LogP contribution in [0.5, 0.6) is 0 Å². The third-order valence-corrected chi connectivity index (χ3v) is 5.00. The van der Waals surface area contributed by atoms with Crippen molar-refractivity contribution < 1.29 is 8.42 Å². The van der Waals surface area contributed by atoms with Crippen LogP contribution in [0, 0.1) is 13.8 Å². The lowest BCUT2D eigenvalue weighted by Gasteiger charge is -2.09. The second-order valence-electron chi connectivity index (χ2n) is 3.66. The van der Waals surface area contributed by atoms with E-state index in [0.717, 1.165) is 14.0 Å². The third-order valence-electron chi connectivity index (χ3n) is 2.41. The van der Waals surface area contributed by atoms with Crippen molar-refractivity contribution >= 4 is 26.0 Å². The van der Waals surface area contributed by atoms with Crippen molar-refractivity contribution in [3.05, 3.63) is 40.4 Å². The van der Waals surface area contributed by atoms with Crippen molar-refractivity contribution in [2.24, 2.45) is 0 Å². The van der Waals surface area contributed by atoms with Crippen LogP contribution in [0.2, 0.25) is 0 Å². The lowest BCUT2D eigenvalue weighted by Crippen LogP contribution is -2.12. The van der Waals surface area contributed by atoms with Gasteiger partial charge in [0.25, 0.3) is 10.0 Å². The summed E-state index contributed by atoms with van der Waals surface area (Å²) in [5.74, 6) is 0. The lowest BCUT2D eigenvalue weighted by molar-refractivity contribution is 0.586. The number of aryl methyl sites for hydroxylation is 2. The van der Waals surface area contributed by atoms with Gasteiger partial charge >= 0.3 is 0 Å². The summed E-state index contributed by atoms with van der Waals surface area (Å²) in [6, 6.07) is 3.42. The Morgan fingerprint density at radius 3 is 2.29 bits per heavy atom. The van der Waals surface area contributed by atoms with Crippen molar-refractivity contribution in [2.45, 2.75) is 18.7 Å². The molecule has 0 N–H and O–H groups in total. The topological polar surface area (TPSA) is 64.8 Å². The monoisotopic (exact) mass is 315 g/mol. The lowest BCUT2D eigenvalue weighted by atomic mass is 10.2. The molecule has 0 amide bonds. The highest BCUT2D eigenvalue weighted by Crippen LogP contribution is 2.25. The molecule has 0 aliphatic carbocycles. The first kappa shape index (κ1) is 12.3. The molecule has 0 fully saturated rings. The van der Waals surface area contributed by atoms with Crippen LogP contribution in [0.15, 0.2) is 34.2 Å². The molecule has 2 aromatic rings. The number of aromatic nitrogens is 3. The Labute approximate surface area is 108 Å². The van der Waals surface area contributed by atoms with E-state index < -0.39 is 10.0 Å². The fourth-order valence-electron chi connectivity index (χ4n) is 1.51. The first-order chi connectivity index (χ1) is 7.93. The molecule has 1 aromatic carbocycles. The molecule has 0 saturated heterocycles. The molecule has 17 heavy (non-hydrogen) atoms. The van der Waals surface area contributed by atoms with Crippen LogP contribution < -0.4 is 0 Å². The number of hydrogen-bond acceptors (Lipinski definition) is 4. The van der Waals surface area contributed by atoms with Crippen molar-refractivity contribution in [1.82, 2.24) is 14.2 Å². The Morgan fingerprint density at radius 1 is 1.12 bits per heavy atom. The van der Waals surface area contributed by atoms with Gasteiger partial charge in [-0.1, -0.05) is 22.0 Å². The van der Waals surface area contributed by atoms with Crippen LogP contribution in [-0.4, -0.2) is 22.6 Å². The zero-order valence-electron chi connectivity index (χ0n) is 9.25. The average Bonchev–Trinajstić information content (AvgIpc) is 2.77. The summed E-state index contributed by atoms with van der Waals surface area (Å²) < 4.78 is 26.2. The van der Waals surface area contributed by atoms with Crippen LogP contribution in [0.4, 0.5) is 0 Å². The molecule has 0 bridgehead atoms. The summed E-state index contributed by atoms with van der Waals surface area (Å²) in [5, 5.41) is 7.01. The van der Waals surface area contributed by atoms with E-state index in [4.69, 9.17) is 0 Å². The fraction of sp³-hybridized carbons (Fsp3) is 0.200. The van der Waals surface area contributed by atoms with E-state index in [-0.39, 0.29) is 4.90 Å². The molecule has 0 atom stereocenters. The second-order valence-corrected chi connectivity index (χ2v) is 6.33. The van der Waals surface area contributed by atoms with Crippen molar-refractivity contribution in [3.8, 4) is 0 Å². The van der Waals surface area contributed by atoms with Crippen LogP contribution in [0.25, 0.3) is 0 Å². The van der Waals surface area contributed by atoms with Gasteiger partial charge in [-0.2, -0.15) is 0 Å². The second kappa shape index (κ2) is 4.23. The van der Waals surface area contributed by atoms with Crippen LogP contribution in [0.3, 0.4) is 0 Å². The summed E-state index contributed by atoms with van der Waals surface area (Å²) in [5.41, 5.74) is 1.68. The Morgan fingerprint density at radius 2 is 1.71 bits per heavy atom. The van der Waals surface area contributed by atoms with E-state index in [0.29, 0.717) is 5.56 Å². The molecule has 1 heterocycles. The Kier molecular flexibility index (Phi) is 3.05. The van der Waals surface area contributed by atoms with E-state index in [1.54, 1.807) is 13.0 Å². The number of halogens is 1. The van der Waals surface area contributed by atoms with Crippen molar-refractivity contribution in [2.75, 3.05) is 0 Å². The van der Waals surface area contributed by atoms with E-state index in [9.17, 15) is 8.42 Å². The zero-order valence-corrected chi connectivity index (χ0v) is 11.7. The molecule has 0 aliphatic heterocycles. The van der Waals surface area contributed by atoms with Gasteiger partial charge in [0.15, 0.2) is 0 Å². The molecule has 7 heteroatoms. The molecule has 0 spiro atoms. The summed E-state index contributed by atoms with van der Waals surface area (Å²) in [7, 11) is -3.60. The van der Waals surface area contributed by atoms with Crippen molar-refractivity contribution in [3.63, 3.8) is 0 Å². The normalized spacial score (nSPS) is 11.7. The van der Waals surface area contributed by atoms with Gasteiger partial charge < -0.3 is 0 Å². The predicted molar refractivity (Wildman–Crippen MR) is 66.2 cm³/mol. The van der Waals surface area contributed by atoms with E-state index in [1.807, 2.05) is 13.0 Å². The Bertz CT molecular complexity index is 650. The van der Waals surface area contributed by atoms with Gasteiger partial charge in [-0.15, -0.1) is 10.2 Å². The van der Waals surface area contributed by atoms with Gasteiger partial charge in [-0.25, -0.2) is 12.4 Å². The highest BCUT2D eigenvalue weighted by Gasteiger charge is 2.20. The summed E-state index contributed by atoms with van der Waals surface area (Å²) in [4.78, 5) is 0.245. The molecule has 0 unspecified atom stereocenters. The van der Waals surface area contributed by atoms with E-state index in [1.165, 1.54) is 12.7 Å². The van der Waals surface area contributed by atoms with Crippen molar-refractivity contribution in [1.29, 1.82) is 0 Å². The largest absolute Gasteiger partial charge is 0.270 e. The van der Waals surface area contributed by atoms with Gasteiger partial charge in [-0.05, 0) is 31.0 Å². The van der Waals surface area contributed by atoms with Crippen LogP contribution in [0.1, 0.15) is 11.1 Å². The molecule has 0 aliphatic rings. The van der Waals surface area contributed by atoms with E-state index >= 15 is 0 Å². The van der Waals surface area contributed by atoms with Gasteiger partial charge in [-0.3, -0.25) is 0 Å². The highest BCUT2D eigenvalue weighted by molar-refractivity contribution is 9.10. The quantitative estimate of drug-likeness (QED) is 0.849. The minimum Gasteiger partial charge on any atom is -0.210 e. The molecule has 1 aromatic heterocycles. The SMILES string of the molecule is Cc1cc(C)c(S(=O)(=O)n2cnnc2)cc1Br. The minimum atomic E-state index is -3.60. The molecule has 90 valence electrons. The maximum atomic E-state index is 12.2. The maximum absolute atomic E-state index is 12.2. The molecule has 2 rings (SSSR count). The predicted octanol–water partition coefficient (Wildman–Crippen LogP) is 1.89. The third kappa shape index (κ3) is 2.12. The summed E-state index contributed by atoms with van der Waals surface area (Å²) in [6.45, 7) is 3.67. The van der Waals surface area contributed by atoms with Gasteiger partial charge in [0.05, 0.1) is 4.90 Å². The van der Waals surface area contributed by atoms with Gasteiger partial charge in [0.1, 0.15) is 12.7 Å². The summed E-state index contributed by atoms with van der Waals surface area (Å²) >= 11 is 3.33. The van der Waals surface area contributed by atoms with E-state index in [2.05, 4.69) is 26.1 Å². The molecule has 0 saturated carbocycles. The van der Waals surface area contributed by atoms with Crippen LogP contribution in [-0.2, 0) is 10.0 Å². The number of hydrogen-bond donors (Lipinski definition) is 0. The fourth-order valence-corrected chi connectivity index (χ4v) is 3.30. The maximum Gasteiger partial charge on any atom is 0.270 e. The number of rotatable bonds is 2. The number of benzene rings is 1. The highest BCUT2D eigenvalue weighted by atomic mass is 79.9. The molecule has 5 nitrogen and oxygen atoms in total. The standard InChI is InChI=1S/C10H10BrN3O2S/c1-7-3-8(2)10(4-9(7)11)17(15,16)14-5-12-13-6-14/h3-6H,1-2H3. The van der Waals surface area contributed by atoms with Crippen LogP contribution >= 0.6 is 15.9 Å². The van der Waals surface area contributed by atoms with Gasteiger partial charge in [0.2, 0.25) is 0 Å². The minimum absolute atomic E-state index is 0.245. The Hall–Kier alpha value is -1.21. The molecular weight excluding hydrogens is 306 g/mol. The molecule has 0 radical (unpaired) electrons.